The van der Waals surface area contributed by atoms with Gasteiger partial charge in [0.15, 0.2) is 23.2 Å². The van der Waals surface area contributed by atoms with E-state index >= 15 is 0 Å². The molecule has 12 nitrogen and oxygen atoms in total. The summed E-state index contributed by atoms with van der Waals surface area (Å²) in [5.74, 6) is 0.698. The standard InChI is InChI=1S/C23H20F3N5O5.C13H9F3O.C6H5IO/c24-23(25,26)13-6-4-11(5-7-13)12-2-1-3-14(8-12)35-22-29-19(27)16-20(30-22)31(10-28-16)21-18(34)17(33)15(9-32)36-21;14-13(15,16)11-6-4-9(5-7-11)10-2-1-3-12(17)8-10;7-5-2-1-3-6(8)4-5/h1-8,10,15,17-18,21,32-34H,9H2,(H2,27,29,30);1-8,17H;1-4,8H/t15-,17-,18-,21-;;/m1../s1. The number of nitrogen functional groups attached to an aromatic ring is 1. The van der Waals surface area contributed by atoms with Gasteiger partial charge < -0.3 is 40.7 Å². The first kappa shape index (κ1) is 44.5. The molecule has 5 aromatic carbocycles. The van der Waals surface area contributed by atoms with Gasteiger partial charge in [0.25, 0.3) is 0 Å². The first-order chi connectivity index (χ1) is 28.9. The summed E-state index contributed by atoms with van der Waals surface area (Å²) in [5.41, 5.74) is 7.42. The number of hydrogen-bond donors (Lipinski definition) is 6. The van der Waals surface area contributed by atoms with E-state index in [0.717, 1.165) is 27.8 Å². The van der Waals surface area contributed by atoms with E-state index in [1.54, 1.807) is 48.5 Å². The van der Waals surface area contributed by atoms with E-state index < -0.39 is 54.6 Å². The fraction of sp³-hybridized carbons (Fsp3) is 0.167. The molecule has 0 bridgehead atoms. The van der Waals surface area contributed by atoms with Gasteiger partial charge in [-0.15, -0.1) is 0 Å². The van der Waals surface area contributed by atoms with Gasteiger partial charge in [-0.1, -0.05) is 54.6 Å². The van der Waals surface area contributed by atoms with Gasteiger partial charge in [0.05, 0.1) is 24.1 Å². The maximum atomic E-state index is 12.9. The Kier molecular flexibility index (Phi) is 13.7. The second kappa shape index (κ2) is 18.7. The summed E-state index contributed by atoms with van der Waals surface area (Å²) >= 11 is 2.15. The molecule has 7 aromatic rings. The smallest absolute Gasteiger partial charge is 0.416 e. The molecule has 318 valence electrons. The van der Waals surface area contributed by atoms with Crippen LogP contribution in [0.5, 0.6) is 23.3 Å². The number of fused-ring (bicyclic) bond motifs is 1. The van der Waals surface area contributed by atoms with Gasteiger partial charge in [0, 0.05) is 3.57 Å². The van der Waals surface area contributed by atoms with E-state index in [0.29, 0.717) is 33.8 Å². The number of ether oxygens (including phenoxy) is 2. The average molecular weight is 962 g/mol. The SMILES string of the molecule is Nc1nc(Oc2cccc(-c3ccc(C(F)(F)F)cc3)c2)nc2c1ncn2[C@@H]1O[C@H](CO)[C@@H](O)[C@H]1O.Oc1cccc(-c2ccc(C(F)(F)F)cc2)c1.Oc1cccc(I)c1. The molecule has 0 saturated carbocycles. The van der Waals surface area contributed by atoms with E-state index in [1.807, 2.05) is 12.1 Å². The predicted octanol–water partition coefficient (Wildman–Crippen LogP) is 8.57. The number of alkyl halides is 6. The van der Waals surface area contributed by atoms with Gasteiger partial charge in [-0.05, 0) is 112 Å². The van der Waals surface area contributed by atoms with Crippen LogP contribution in [0.1, 0.15) is 17.4 Å². The zero-order valence-electron chi connectivity index (χ0n) is 31.2. The maximum Gasteiger partial charge on any atom is 0.416 e. The monoisotopic (exact) mass is 961 g/mol. The molecule has 4 atom stereocenters. The minimum Gasteiger partial charge on any atom is -0.508 e. The summed E-state index contributed by atoms with van der Waals surface area (Å²) in [7, 11) is 0. The van der Waals surface area contributed by atoms with Crippen LogP contribution < -0.4 is 10.5 Å². The molecule has 1 fully saturated rings. The summed E-state index contributed by atoms with van der Waals surface area (Å²) < 4.78 is 89.3. The molecule has 61 heavy (non-hydrogen) atoms. The summed E-state index contributed by atoms with van der Waals surface area (Å²) in [5, 5.41) is 47.9. The Bertz CT molecular complexity index is 2560. The van der Waals surface area contributed by atoms with Crippen LogP contribution in [-0.4, -0.2) is 70.0 Å². The Balaban J connectivity index is 0.000000204. The van der Waals surface area contributed by atoms with Crippen molar-refractivity contribution in [1.29, 1.82) is 0 Å². The number of imidazole rings is 1. The fourth-order valence-corrected chi connectivity index (χ4v) is 6.50. The molecule has 8 rings (SSSR count). The third kappa shape index (κ3) is 11.0. The first-order valence-electron chi connectivity index (χ1n) is 17.9. The van der Waals surface area contributed by atoms with Gasteiger partial charge in [0.2, 0.25) is 0 Å². The van der Waals surface area contributed by atoms with Crippen molar-refractivity contribution in [3.8, 4) is 45.5 Å². The highest BCUT2D eigenvalue weighted by molar-refractivity contribution is 14.1. The second-order valence-corrected chi connectivity index (χ2v) is 14.5. The lowest BCUT2D eigenvalue weighted by molar-refractivity contribution is -0.138. The molecule has 19 heteroatoms. The molecular formula is C42H34F6IN5O7. The van der Waals surface area contributed by atoms with Crippen molar-refractivity contribution in [2.24, 2.45) is 0 Å². The number of aromatic nitrogens is 4. The number of phenolic OH excluding ortho intramolecular Hbond substituents is 2. The van der Waals surface area contributed by atoms with Crippen LogP contribution in [0.3, 0.4) is 0 Å². The number of rotatable bonds is 6. The number of benzene rings is 5. The number of nitrogens with two attached hydrogens (primary N) is 1. The van der Waals surface area contributed by atoms with Gasteiger partial charge >= 0.3 is 18.4 Å². The highest BCUT2D eigenvalue weighted by Gasteiger charge is 2.44. The van der Waals surface area contributed by atoms with E-state index in [-0.39, 0.29) is 28.7 Å². The van der Waals surface area contributed by atoms with Crippen molar-refractivity contribution in [3.05, 3.63) is 142 Å². The minimum absolute atomic E-state index is 0.0145. The molecule has 1 aliphatic rings. The molecule has 1 aliphatic heterocycles. The van der Waals surface area contributed by atoms with Gasteiger partial charge in [-0.2, -0.15) is 36.3 Å². The minimum atomic E-state index is -4.43. The summed E-state index contributed by atoms with van der Waals surface area (Å²) in [6.07, 6.45) is -12.2. The molecule has 0 spiro atoms. The normalized spacial score (nSPS) is 17.5. The quantitative estimate of drug-likeness (QED) is 0.0692. The lowest BCUT2D eigenvalue weighted by Crippen LogP contribution is -2.33. The van der Waals surface area contributed by atoms with Crippen LogP contribution in [0, 0.1) is 3.57 Å². The highest BCUT2D eigenvalue weighted by atomic mass is 127. The third-order valence-corrected chi connectivity index (χ3v) is 9.68. The van der Waals surface area contributed by atoms with Crippen LogP contribution in [0.2, 0.25) is 0 Å². The van der Waals surface area contributed by atoms with E-state index in [4.69, 9.17) is 20.3 Å². The van der Waals surface area contributed by atoms with Crippen molar-refractivity contribution in [3.63, 3.8) is 0 Å². The number of nitrogens with zero attached hydrogens (tertiary/aromatic N) is 4. The third-order valence-electron chi connectivity index (χ3n) is 9.01. The van der Waals surface area contributed by atoms with E-state index in [1.165, 1.54) is 47.3 Å². The van der Waals surface area contributed by atoms with Gasteiger partial charge in [0.1, 0.15) is 35.6 Å². The molecule has 1 saturated heterocycles. The molecule has 0 amide bonds. The largest absolute Gasteiger partial charge is 0.508 e. The molecule has 0 aliphatic carbocycles. The first-order valence-corrected chi connectivity index (χ1v) is 19.0. The lowest BCUT2D eigenvalue weighted by atomic mass is 10.0. The molecule has 2 aromatic heterocycles. The average Bonchev–Trinajstić information content (AvgIpc) is 3.77. The molecule has 3 heterocycles. The molecule has 0 radical (unpaired) electrons. The van der Waals surface area contributed by atoms with Crippen LogP contribution in [0.25, 0.3) is 33.4 Å². The number of anilines is 1. The van der Waals surface area contributed by atoms with Crippen LogP contribution >= 0.6 is 22.6 Å². The number of hydrogen-bond acceptors (Lipinski definition) is 11. The number of aliphatic hydroxyl groups is 3. The van der Waals surface area contributed by atoms with Crippen molar-refractivity contribution >= 4 is 39.6 Å². The van der Waals surface area contributed by atoms with Crippen molar-refractivity contribution < 1.29 is 61.3 Å². The number of aliphatic hydroxyl groups excluding tert-OH is 3. The van der Waals surface area contributed by atoms with Gasteiger partial charge in [-0.3, -0.25) is 4.57 Å². The molecule has 7 N–H and O–H groups in total. The Morgan fingerprint density at radius 1 is 0.689 bits per heavy atom. The predicted molar refractivity (Wildman–Crippen MR) is 219 cm³/mol. The molecule has 0 unspecified atom stereocenters. The van der Waals surface area contributed by atoms with Gasteiger partial charge in [-0.25, -0.2) is 4.98 Å². The summed E-state index contributed by atoms with van der Waals surface area (Å²) in [6, 6.07) is 29.5. The number of aromatic hydroxyl groups is 2. The maximum absolute atomic E-state index is 12.9. The topological polar surface area (TPSA) is 189 Å². The van der Waals surface area contributed by atoms with E-state index in [2.05, 4.69) is 37.5 Å². The second-order valence-electron chi connectivity index (χ2n) is 13.3. The van der Waals surface area contributed by atoms with E-state index in [9.17, 15) is 46.8 Å². The van der Waals surface area contributed by atoms with Crippen molar-refractivity contribution in [1.82, 2.24) is 19.5 Å². The number of phenols is 2. The van der Waals surface area contributed by atoms with Crippen LogP contribution in [0.15, 0.2) is 128 Å². The van der Waals surface area contributed by atoms with Crippen molar-refractivity contribution in [2.45, 2.75) is 36.9 Å². The fourth-order valence-electron chi connectivity index (χ4n) is 5.97. The lowest BCUT2D eigenvalue weighted by Gasteiger charge is -2.16. The summed E-state index contributed by atoms with van der Waals surface area (Å²) in [4.78, 5) is 12.5. The number of halogens is 7. The highest BCUT2D eigenvalue weighted by Crippen LogP contribution is 2.35. The Labute approximate surface area is 356 Å². The molecular weight excluding hydrogens is 927 g/mol. The summed E-state index contributed by atoms with van der Waals surface area (Å²) in [6.45, 7) is -0.498. The Morgan fingerprint density at radius 2 is 1.23 bits per heavy atom. The van der Waals surface area contributed by atoms with Crippen LogP contribution in [0.4, 0.5) is 32.2 Å². The Morgan fingerprint density at radius 3 is 1.72 bits per heavy atom. The van der Waals surface area contributed by atoms with Crippen molar-refractivity contribution in [2.75, 3.05) is 12.3 Å². The van der Waals surface area contributed by atoms with Crippen LogP contribution in [-0.2, 0) is 17.1 Å². The Hall–Kier alpha value is -6.00. The zero-order valence-corrected chi connectivity index (χ0v) is 33.4. The zero-order chi connectivity index (χ0) is 44.1.